The zero-order chi connectivity index (χ0) is 25.9. The van der Waals surface area contributed by atoms with Gasteiger partial charge in [-0.25, -0.2) is 9.18 Å². The Hall–Kier alpha value is -3.68. The van der Waals surface area contributed by atoms with Crippen LogP contribution in [-0.2, 0) is 4.79 Å². The van der Waals surface area contributed by atoms with Crippen molar-refractivity contribution in [1.82, 2.24) is 14.8 Å². The Morgan fingerprint density at radius 1 is 1.14 bits per heavy atom. The fourth-order valence-electron chi connectivity index (χ4n) is 5.21. The number of benzene rings is 1. The number of carbonyl (C=O) groups is 2. The zero-order valence-electron chi connectivity index (χ0n) is 20.8. The third-order valence-corrected chi connectivity index (χ3v) is 6.78. The van der Waals surface area contributed by atoms with Gasteiger partial charge in [0.05, 0.1) is 18.3 Å². The second-order valence-corrected chi connectivity index (χ2v) is 10.2. The molecule has 0 bridgehead atoms. The van der Waals surface area contributed by atoms with Crippen LogP contribution in [0, 0.1) is 5.41 Å². The quantitative estimate of drug-likeness (QED) is 0.646. The maximum Gasteiger partial charge on any atom is 0.407 e. The number of amides is 2. The number of aromatic nitrogens is 1. The van der Waals surface area contributed by atoms with Crippen LogP contribution >= 0.6 is 0 Å². The first-order valence-corrected chi connectivity index (χ1v) is 12.1. The van der Waals surface area contributed by atoms with Gasteiger partial charge in [-0.1, -0.05) is 69.3 Å². The summed E-state index contributed by atoms with van der Waals surface area (Å²) in [5.41, 5.74) is -1.89. The van der Waals surface area contributed by atoms with Gasteiger partial charge in [-0.15, -0.1) is 0 Å². The van der Waals surface area contributed by atoms with Crippen LogP contribution in [-0.4, -0.2) is 69.3 Å². The SMILES string of the molecule is CC(C)(C)C1C(COc2cccnc2)N(C(=O)C2(F)CC=CC=C2c2ccccc2)CCN1C(=O)O. The first-order chi connectivity index (χ1) is 17.1. The van der Waals surface area contributed by atoms with Crippen molar-refractivity contribution in [2.75, 3.05) is 19.7 Å². The maximum atomic E-state index is 16.8. The van der Waals surface area contributed by atoms with E-state index in [4.69, 9.17) is 4.74 Å². The molecule has 1 aromatic heterocycles. The van der Waals surface area contributed by atoms with Crippen LogP contribution in [0.2, 0.25) is 0 Å². The predicted molar refractivity (Wildman–Crippen MR) is 135 cm³/mol. The minimum absolute atomic E-state index is 0.000542. The number of carboxylic acid groups (broad SMARTS) is 1. The van der Waals surface area contributed by atoms with Gasteiger partial charge in [0.15, 0.2) is 0 Å². The molecule has 1 aromatic carbocycles. The molecule has 7 nitrogen and oxygen atoms in total. The van der Waals surface area contributed by atoms with Crippen LogP contribution in [0.5, 0.6) is 5.75 Å². The molecule has 1 aliphatic heterocycles. The highest BCUT2D eigenvalue weighted by molar-refractivity contribution is 6.01. The molecule has 190 valence electrons. The van der Waals surface area contributed by atoms with Crippen molar-refractivity contribution in [3.8, 4) is 5.75 Å². The van der Waals surface area contributed by atoms with Crippen molar-refractivity contribution in [3.05, 3.63) is 78.6 Å². The third kappa shape index (κ3) is 4.98. The Bertz CT molecular complexity index is 1150. The topological polar surface area (TPSA) is 83.0 Å². The highest BCUT2D eigenvalue weighted by Gasteiger charge is 2.53. The Kier molecular flexibility index (Phi) is 7.15. The summed E-state index contributed by atoms with van der Waals surface area (Å²) in [6.45, 7) is 5.91. The molecule has 4 rings (SSSR count). The van der Waals surface area contributed by atoms with Crippen LogP contribution in [0.15, 0.2) is 73.1 Å². The summed E-state index contributed by atoms with van der Waals surface area (Å²) >= 11 is 0. The highest BCUT2D eigenvalue weighted by atomic mass is 19.1. The number of hydrogen-bond donors (Lipinski definition) is 1. The minimum atomic E-state index is -2.28. The molecule has 8 heteroatoms. The van der Waals surface area contributed by atoms with E-state index < -0.39 is 35.2 Å². The number of nitrogens with zero attached hydrogens (tertiary/aromatic N) is 3. The van der Waals surface area contributed by atoms with Crippen molar-refractivity contribution in [1.29, 1.82) is 0 Å². The van der Waals surface area contributed by atoms with Gasteiger partial charge in [0, 0.05) is 31.3 Å². The molecule has 1 N–H and O–H groups in total. The van der Waals surface area contributed by atoms with Crippen LogP contribution in [0.4, 0.5) is 9.18 Å². The summed E-state index contributed by atoms with van der Waals surface area (Å²) in [7, 11) is 0. The molecule has 2 amide bonds. The summed E-state index contributed by atoms with van der Waals surface area (Å²) < 4.78 is 22.8. The fraction of sp³-hybridized carbons (Fsp3) is 0.393. The Balaban J connectivity index is 1.72. The number of piperazine rings is 1. The first kappa shape index (κ1) is 25.4. The molecule has 2 heterocycles. The van der Waals surface area contributed by atoms with Gasteiger partial charge in [-0.05, 0) is 23.1 Å². The lowest BCUT2D eigenvalue weighted by Gasteiger charge is -2.52. The molecule has 2 aromatic rings. The molecule has 1 saturated heterocycles. The summed E-state index contributed by atoms with van der Waals surface area (Å²) in [6, 6.07) is 11.2. The standard InChI is InChI=1S/C28H32FN3O4/c1-27(2,3)24-23(19-36-21-12-9-15-30-18-21)31(16-17-32(24)26(34)35)25(33)28(29)14-8-7-13-22(28)20-10-5-4-6-11-20/h4-13,15,18,23-24H,14,16-17,19H2,1-3H3,(H,34,35). The molecule has 0 radical (unpaired) electrons. The first-order valence-electron chi connectivity index (χ1n) is 12.1. The summed E-state index contributed by atoms with van der Waals surface area (Å²) in [4.78, 5) is 33.2. The highest BCUT2D eigenvalue weighted by Crippen LogP contribution is 2.41. The number of alkyl halides is 1. The zero-order valence-corrected chi connectivity index (χ0v) is 20.8. The van der Waals surface area contributed by atoms with E-state index in [9.17, 15) is 14.7 Å². The third-order valence-electron chi connectivity index (χ3n) is 6.78. The van der Waals surface area contributed by atoms with Crippen molar-refractivity contribution >= 4 is 17.6 Å². The van der Waals surface area contributed by atoms with E-state index in [-0.39, 0.29) is 26.1 Å². The van der Waals surface area contributed by atoms with Gasteiger partial charge in [0.2, 0.25) is 5.67 Å². The number of pyridine rings is 1. The molecule has 1 aliphatic carbocycles. The Labute approximate surface area is 210 Å². The molecule has 0 spiro atoms. The number of rotatable bonds is 5. The molecular formula is C28H32FN3O4. The molecule has 1 fully saturated rings. The van der Waals surface area contributed by atoms with Crippen molar-refractivity contribution < 1.29 is 23.8 Å². The van der Waals surface area contributed by atoms with E-state index in [1.807, 2.05) is 39.0 Å². The van der Waals surface area contributed by atoms with E-state index in [0.29, 0.717) is 16.9 Å². The van der Waals surface area contributed by atoms with E-state index >= 15 is 4.39 Å². The second kappa shape index (κ2) is 10.1. The van der Waals surface area contributed by atoms with Crippen molar-refractivity contribution in [3.63, 3.8) is 0 Å². The van der Waals surface area contributed by atoms with E-state index in [1.54, 1.807) is 54.9 Å². The lowest BCUT2D eigenvalue weighted by atomic mass is 9.77. The summed E-state index contributed by atoms with van der Waals surface area (Å²) in [6.07, 6.45) is 7.06. The smallest absolute Gasteiger partial charge is 0.407 e. The Morgan fingerprint density at radius 2 is 1.86 bits per heavy atom. The van der Waals surface area contributed by atoms with Gasteiger partial charge >= 0.3 is 6.09 Å². The molecule has 3 atom stereocenters. The van der Waals surface area contributed by atoms with Crippen LogP contribution in [0.1, 0.15) is 32.8 Å². The van der Waals surface area contributed by atoms with Crippen LogP contribution in [0.25, 0.3) is 5.57 Å². The fourth-order valence-corrected chi connectivity index (χ4v) is 5.21. The lowest BCUT2D eigenvalue weighted by Crippen LogP contribution is -2.69. The maximum absolute atomic E-state index is 16.8. The normalized spacial score (nSPS) is 24.3. The van der Waals surface area contributed by atoms with Crippen LogP contribution in [0.3, 0.4) is 0 Å². The van der Waals surface area contributed by atoms with Gasteiger partial charge in [-0.3, -0.25) is 9.78 Å². The minimum Gasteiger partial charge on any atom is -0.490 e. The average molecular weight is 494 g/mol. The van der Waals surface area contributed by atoms with Crippen molar-refractivity contribution in [2.24, 2.45) is 5.41 Å². The molecule has 0 saturated carbocycles. The van der Waals surface area contributed by atoms with Gasteiger partial charge in [-0.2, -0.15) is 0 Å². The van der Waals surface area contributed by atoms with Gasteiger partial charge < -0.3 is 19.6 Å². The van der Waals surface area contributed by atoms with Gasteiger partial charge in [0.1, 0.15) is 12.4 Å². The molecule has 3 unspecified atom stereocenters. The monoisotopic (exact) mass is 493 g/mol. The van der Waals surface area contributed by atoms with Crippen LogP contribution < -0.4 is 4.74 Å². The number of carbonyl (C=O) groups excluding carboxylic acids is 1. The molecular weight excluding hydrogens is 461 g/mol. The number of ether oxygens (including phenoxy) is 1. The van der Waals surface area contributed by atoms with Gasteiger partial charge in [0.25, 0.3) is 5.91 Å². The summed E-state index contributed by atoms with van der Waals surface area (Å²) in [5.74, 6) is -0.188. The largest absolute Gasteiger partial charge is 0.490 e. The number of halogens is 1. The number of hydrogen-bond acceptors (Lipinski definition) is 4. The van der Waals surface area contributed by atoms with E-state index in [2.05, 4.69) is 4.98 Å². The molecule has 36 heavy (non-hydrogen) atoms. The molecule has 2 aliphatic rings. The van der Waals surface area contributed by atoms with Crippen molar-refractivity contribution in [2.45, 2.75) is 44.9 Å². The summed E-state index contributed by atoms with van der Waals surface area (Å²) in [5, 5.41) is 9.97. The van der Waals surface area contributed by atoms with E-state index in [1.165, 1.54) is 9.80 Å². The predicted octanol–water partition coefficient (Wildman–Crippen LogP) is 4.82. The Morgan fingerprint density at radius 3 is 2.50 bits per heavy atom. The van der Waals surface area contributed by atoms with E-state index in [0.717, 1.165) is 0 Å². The number of allylic oxidation sites excluding steroid dienone is 3. The average Bonchev–Trinajstić information content (AvgIpc) is 2.87. The second-order valence-electron chi connectivity index (χ2n) is 10.2. The lowest BCUT2D eigenvalue weighted by molar-refractivity contribution is -0.150.